The number of esters is 1. The summed E-state index contributed by atoms with van der Waals surface area (Å²) in [5.41, 5.74) is 1.17. The maximum absolute atomic E-state index is 11.8. The summed E-state index contributed by atoms with van der Waals surface area (Å²) in [7, 11) is 0. The lowest BCUT2D eigenvalue weighted by molar-refractivity contribution is -0.129. The second-order valence-corrected chi connectivity index (χ2v) is 7.38. The van der Waals surface area contributed by atoms with Crippen molar-refractivity contribution >= 4 is 17.3 Å². The number of hydrogen-bond acceptors (Lipinski definition) is 3. The van der Waals surface area contributed by atoms with Crippen molar-refractivity contribution in [3.8, 4) is 16.2 Å². The number of benzene rings is 1. The van der Waals surface area contributed by atoms with E-state index in [9.17, 15) is 4.79 Å². The summed E-state index contributed by atoms with van der Waals surface area (Å²) in [6.07, 6.45) is 11.5. The number of thiophene rings is 1. The largest absolute Gasteiger partial charge is 0.423 e. The quantitative estimate of drug-likeness (QED) is 0.202. The van der Waals surface area contributed by atoms with Crippen LogP contribution in [-0.2, 0) is 11.2 Å². The van der Waals surface area contributed by atoms with E-state index in [4.69, 9.17) is 4.74 Å². The zero-order valence-electron chi connectivity index (χ0n) is 15.3. The van der Waals surface area contributed by atoms with Crippen LogP contribution in [0.2, 0.25) is 0 Å². The number of carbonyl (C=O) groups excluding carboxylic acids is 1. The van der Waals surface area contributed by atoms with Crippen molar-refractivity contribution in [2.24, 2.45) is 0 Å². The molecule has 0 saturated carbocycles. The van der Waals surface area contributed by atoms with Crippen molar-refractivity contribution in [2.45, 2.75) is 58.8 Å². The minimum Gasteiger partial charge on any atom is -0.423 e. The molecule has 0 atom stereocenters. The van der Waals surface area contributed by atoms with Crippen LogP contribution in [0.1, 0.15) is 57.2 Å². The van der Waals surface area contributed by atoms with Gasteiger partial charge in [-0.25, -0.2) is 4.79 Å². The van der Waals surface area contributed by atoms with Crippen LogP contribution < -0.4 is 4.74 Å². The Kier molecular flexibility index (Phi) is 8.47. The molecule has 0 N–H and O–H groups in total. The number of hydrogen-bond donors (Lipinski definition) is 0. The Morgan fingerprint density at radius 2 is 1.76 bits per heavy atom. The minimum absolute atomic E-state index is 0.307. The van der Waals surface area contributed by atoms with Gasteiger partial charge in [0, 0.05) is 15.8 Å². The van der Waals surface area contributed by atoms with Gasteiger partial charge >= 0.3 is 5.97 Å². The van der Waals surface area contributed by atoms with E-state index < -0.39 is 0 Å². The molecule has 1 aromatic carbocycles. The highest BCUT2D eigenvalue weighted by molar-refractivity contribution is 7.15. The molecule has 1 heterocycles. The summed E-state index contributed by atoms with van der Waals surface area (Å²) in [5, 5.41) is 0. The third-order valence-corrected chi connectivity index (χ3v) is 5.22. The molecule has 0 unspecified atom stereocenters. The van der Waals surface area contributed by atoms with Gasteiger partial charge in [0.2, 0.25) is 0 Å². The SMILES string of the molecule is CCCC/C=C/C(=O)Oc1ccc(-c2ccc(CCCCC)s2)cc1. The van der Waals surface area contributed by atoms with Gasteiger partial charge in [0.05, 0.1) is 0 Å². The Morgan fingerprint density at radius 1 is 1.00 bits per heavy atom. The van der Waals surface area contributed by atoms with Gasteiger partial charge in [-0.05, 0) is 61.2 Å². The number of aryl methyl sites for hydroxylation is 1. The fourth-order valence-corrected chi connectivity index (χ4v) is 3.61. The number of ether oxygens (including phenoxy) is 1. The molecule has 0 aliphatic rings. The van der Waals surface area contributed by atoms with Crippen LogP contribution in [0.4, 0.5) is 0 Å². The average Bonchev–Trinajstić information content (AvgIpc) is 3.09. The van der Waals surface area contributed by atoms with E-state index in [1.807, 2.05) is 41.7 Å². The molecule has 0 aliphatic carbocycles. The van der Waals surface area contributed by atoms with Gasteiger partial charge in [-0.2, -0.15) is 0 Å². The Labute approximate surface area is 155 Å². The molecule has 2 aromatic rings. The first-order valence-electron chi connectivity index (χ1n) is 9.30. The zero-order valence-corrected chi connectivity index (χ0v) is 16.1. The Hall–Kier alpha value is -1.87. The molecule has 3 heteroatoms. The molecule has 1 aromatic heterocycles. The molecule has 25 heavy (non-hydrogen) atoms. The topological polar surface area (TPSA) is 26.3 Å². The molecule has 0 amide bonds. The van der Waals surface area contributed by atoms with Gasteiger partial charge in [-0.3, -0.25) is 0 Å². The molecule has 0 fully saturated rings. The summed E-state index contributed by atoms with van der Waals surface area (Å²) in [6.45, 7) is 4.37. The standard InChI is InChI=1S/C22H28O2S/c1-3-5-7-9-11-22(23)24-19-14-12-18(13-15-19)21-17-16-20(25-21)10-8-6-4-2/h9,11-17H,3-8,10H2,1-2H3/b11-9+. The first-order valence-corrected chi connectivity index (χ1v) is 10.1. The molecule has 0 radical (unpaired) electrons. The second kappa shape index (κ2) is 10.9. The zero-order chi connectivity index (χ0) is 17.9. The molecule has 0 aliphatic heterocycles. The highest BCUT2D eigenvalue weighted by Gasteiger charge is 2.05. The van der Waals surface area contributed by atoms with Crippen LogP contribution in [0.15, 0.2) is 48.6 Å². The monoisotopic (exact) mass is 356 g/mol. The van der Waals surface area contributed by atoms with Gasteiger partial charge in [0.25, 0.3) is 0 Å². The number of carbonyl (C=O) groups is 1. The Balaban J connectivity index is 1.89. The average molecular weight is 357 g/mol. The lowest BCUT2D eigenvalue weighted by Crippen LogP contribution is -2.03. The summed E-state index contributed by atoms with van der Waals surface area (Å²) in [6, 6.07) is 12.2. The molecule has 2 nitrogen and oxygen atoms in total. The van der Waals surface area contributed by atoms with E-state index in [1.165, 1.54) is 47.1 Å². The van der Waals surface area contributed by atoms with Crippen LogP contribution in [0.25, 0.3) is 10.4 Å². The molecule has 0 spiro atoms. The Morgan fingerprint density at radius 3 is 2.48 bits per heavy atom. The number of unbranched alkanes of at least 4 members (excludes halogenated alkanes) is 4. The van der Waals surface area contributed by atoms with Crippen LogP contribution >= 0.6 is 11.3 Å². The van der Waals surface area contributed by atoms with Crippen molar-refractivity contribution in [3.63, 3.8) is 0 Å². The smallest absolute Gasteiger partial charge is 0.335 e. The number of allylic oxidation sites excluding steroid dienone is 1. The van der Waals surface area contributed by atoms with E-state index in [0.717, 1.165) is 19.3 Å². The first kappa shape index (κ1) is 19.5. The van der Waals surface area contributed by atoms with Crippen LogP contribution in [0, 0.1) is 0 Å². The second-order valence-electron chi connectivity index (χ2n) is 6.21. The van der Waals surface area contributed by atoms with Crippen molar-refractivity contribution < 1.29 is 9.53 Å². The predicted octanol–water partition coefficient (Wildman–Crippen LogP) is 6.80. The van der Waals surface area contributed by atoms with Crippen molar-refractivity contribution in [2.75, 3.05) is 0 Å². The van der Waals surface area contributed by atoms with Gasteiger partial charge in [0.15, 0.2) is 0 Å². The van der Waals surface area contributed by atoms with E-state index >= 15 is 0 Å². The fourth-order valence-electron chi connectivity index (χ4n) is 2.56. The van der Waals surface area contributed by atoms with E-state index in [2.05, 4.69) is 26.0 Å². The van der Waals surface area contributed by atoms with Gasteiger partial charge in [0.1, 0.15) is 5.75 Å². The normalized spacial score (nSPS) is 11.1. The molecular weight excluding hydrogens is 328 g/mol. The predicted molar refractivity (Wildman–Crippen MR) is 107 cm³/mol. The first-order chi connectivity index (χ1) is 12.2. The van der Waals surface area contributed by atoms with E-state index in [0.29, 0.717) is 5.75 Å². The number of rotatable bonds is 10. The minimum atomic E-state index is -0.307. The van der Waals surface area contributed by atoms with Crippen molar-refractivity contribution in [3.05, 3.63) is 53.4 Å². The molecule has 134 valence electrons. The van der Waals surface area contributed by atoms with Gasteiger partial charge in [-0.1, -0.05) is 45.6 Å². The summed E-state index contributed by atoms with van der Waals surface area (Å²) >= 11 is 1.85. The van der Waals surface area contributed by atoms with Crippen molar-refractivity contribution in [1.29, 1.82) is 0 Å². The highest BCUT2D eigenvalue weighted by Crippen LogP contribution is 2.30. The summed E-state index contributed by atoms with van der Waals surface area (Å²) < 4.78 is 5.33. The van der Waals surface area contributed by atoms with Gasteiger partial charge < -0.3 is 4.74 Å². The summed E-state index contributed by atoms with van der Waals surface area (Å²) in [5.74, 6) is 0.284. The third kappa shape index (κ3) is 6.87. The van der Waals surface area contributed by atoms with Crippen LogP contribution in [0.3, 0.4) is 0 Å². The van der Waals surface area contributed by atoms with E-state index in [1.54, 1.807) is 0 Å². The summed E-state index contributed by atoms with van der Waals surface area (Å²) in [4.78, 5) is 14.5. The molecular formula is C22H28O2S. The third-order valence-electron chi connectivity index (χ3n) is 4.02. The fraction of sp³-hybridized carbons (Fsp3) is 0.409. The lowest BCUT2D eigenvalue weighted by atomic mass is 10.1. The maximum Gasteiger partial charge on any atom is 0.335 e. The molecule has 0 saturated heterocycles. The molecule has 2 rings (SSSR count). The van der Waals surface area contributed by atoms with Gasteiger partial charge in [-0.15, -0.1) is 11.3 Å². The van der Waals surface area contributed by atoms with Crippen LogP contribution in [-0.4, -0.2) is 5.97 Å². The maximum atomic E-state index is 11.8. The van der Waals surface area contributed by atoms with Crippen LogP contribution in [0.5, 0.6) is 5.75 Å². The lowest BCUT2D eigenvalue weighted by Gasteiger charge is -2.03. The van der Waals surface area contributed by atoms with E-state index in [-0.39, 0.29) is 5.97 Å². The highest BCUT2D eigenvalue weighted by atomic mass is 32.1. The van der Waals surface area contributed by atoms with Crippen molar-refractivity contribution in [1.82, 2.24) is 0 Å². The molecule has 0 bridgehead atoms. The Bertz CT molecular complexity index is 668.